The van der Waals surface area contributed by atoms with Crippen LogP contribution in [-0.4, -0.2) is 52.9 Å². The van der Waals surface area contributed by atoms with Gasteiger partial charge in [0.1, 0.15) is 18.8 Å². The van der Waals surface area contributed by atoms with Crippen molar-refractivity contribution in [2.24, 2.45) is 56.7 Å². The molecule has 0 aliphatic heterocycles. The van der Waals surface area contributed by atoms with E-state index in [1.807, 2.05) is 0 Å². The highest BCUT2D eigenvalue weighted by Gasteiger charge is 2.72. The summed E-state index contributed by atoms with van der Waals surface area (Å²) < 4.78 is 11.0. The van der Waals surface area contributed by atoms with Gasteiger partial charge in [-0.3, -0.25) is 4.79 Å². The second kappa shape index (κ2) is 10.2. The van der Waals surface area contributed by atoms with Gasteiger partial charge in [-0.1, -0.05) is 46.8 Å². The number of carboxylic acids is 1. The summed E-state index contributed by atoms with van der Waals surface area (Å²) in [6, 6.07) is 0. The minimum atomic E-state index is -1.10. The number of allylic oxidation sites excluding steroid dienone is 1. The minimum Gasteiger partial charge on any atom is -0.481 e. The summed E-state index contributed by atoms with van der Waals surface area (Å²) >= 11 is 0. The van der Waals surface area contributed by atoms with Crippen LogP contribution in [0.1, 0.15) is 106 Å². The van der Waals surface area contributed by atoms with Crippen LogP contribution < -0.4 is 0 Å². The Morgan fingerprint density at radius 2 is 1.61 bits per heavy atom. The molecule has 7 nitrogen and oxygen atoms in total. The molecule has 0 aromatic heterocycles. The van der Waals surface area contributed by atoms with Crippen molar-refractivity contribution in [2.45, 2.75) is 118 Å². The van der Waals surface area contributed by atoms with Gasteiger partial charge in [0.15, 0.2) is 0 Å². The molecule has 5 rings (SSSR count). The molecule has 5 fully saturated rings. The van der Waals surface area contributed by atoms with Crippen LogP contribution in [0.25, 0.3) is 0 Å². The smallest absolute Gasteiger partial charge is 0.481 e. The number of rotatable bonds is 6. The monoisotopic (exact) mass is 574 g/mol. The molecule has 41 heavy (non-hydrogen) atoms. The SMILES string of the molecule is C=C(C)C1CC[C@]2(C(=O)O)CCC3(C)C(CCC4C5(C)CCC(OC(=O)OCC(O)CO)C(C)(C)C5CCC43C)C12. The zero-order chi connectivity index (χ0) is 30.2. The molecule has 0 saturated heterocycles. The number of hydrogen-bond donors (Lipinski definition) is 3. The van der Waals surface area contributed by atoms with Crippen LogP contribution in [0.3, 0.4) is 0 Å². The first-order valence-corrected chi connectivity index (χ1v) is 16.1. The van der Waals surface area contributed by atoms with Gasteiger partial charge >= 0.3 is 12.1 Å². The van der Waals surface area contributed by atoms with Gasteiger partial charge < -0.3 is 24.8 Å². The number of hydrogen-bond acceptors (Lipinski definition) is 6. The lowest BCUT2D eigenvalue weighted by Crippen LogP contribution is -2.67. The molecule has 7 heteroatoms. The molecule has 5 aliphatic rings. The molecule has 0 amide bonds. The highest BCUT2D eigenvalue weighted by Crippen LogP contribution is 2.77. The fourth-order valence-electron chi connectivity index (χ4n) is 12.1. The molecule has 0 radical (unpaired) electrons. The second-order valence-electron chi connectivity index (χ2n) is 16.0. The van der Waals surface area contributed by atoms with Crippen LogP contribution >= 0.6 is 0 Å². The van der Waals surface area contributed by atoms with Crippen molar-refractivity contribution in [1.82, 2.24) is 0 Å². The topological polar surface area (TPSA) is 113 Å². The van der Waals surface area contributed by atoms with E-state index in [9.17, 15) is 19.8 Å². The van der Waals surface area contributed by atoms with Gasteiger partial charge in [-0.2, -0.15) is 0 Å². The Labute approximate surface area is 246 Å². The first-order chi connectivity index (χ1) is 19.1. The van der Waals surface area contributed by atoms with E-state index in [2.05, 4.69) is 48.1 Å². The second-order valence-corrected chi connectivity index (χ2v) is 16.0. The van der Waals surface area contributed by atoms with Crippen molar-refractivity contribution < 1.29 is 34.4 Å². The molecule has 3 N–H and O–H groups in total. The molecular formula is C34H54O7. The Morgan fingerprint density at radius 3 is 2.24 bits per heavy atom. The summed E-state index contributed by atoms with van der Waals surface area (Å²) in [5.74, 6) is 1.21. The van der Waals surface area contributed by atoms with Gasteiger partial charge in [0.05, 0.1) is 12.0 Å². The quantitative estimate of drug-likeness (QED) is 0.242. The molecule has 0 aromatic rings. The Morgan fingerprint density at radius 1 is 0.902 bits per heavy atom. The van der Waals surface area contributed by atoms with Gasteiger partial charge in [0.2, 0.25) is 0 Å². The third kappa shape index (κ3) is 4.33. The van der Waals surface area contributed by atoms with Gasteiger partial charge in [0.25, 0.3) is 0 Å². The van der Waals surface area contributed by atoms with Crippen LogP contribution in [0.4, 0.5) is 4.79 Å². The predicted molar refractivity (Wildman–Crippen MR) is 156 cm³/mol. The average Bonchev–Trinajstić information content (AvgIpc) is 3.31. The fraction of sp³-hybridized carbons (Fsp3) is 0.882. The molecule has 0 heterocycles. The van der Waals surface area contributed by atoms with Crippen molar-refractivity contribution in [1.29, 1.82) is 0 Å². The first-order valence-electron chi connectivity index (χ1n) is 16.1. The van der Waals surface area contributed by atoms with E-state index in [1.54, 1.807) is 0 Å². The summed E-state index contributed by atoms with van der Waals surface area (Å²) in [6.07, 6.45) is 7.49. The van der Waals surface area contributed by atoms with Crippen molar-refractivity contribution in [3.63, 3.8) is 0 Å². The Hall–Kier alpha value is -1.60. The molecular weight excluding hydrogens is 520 g/mol. The molecule has 5 saturated carbocycles. The summed E-state index contributed by atoms with van der Waals surface area (Å²) in [5, 5.41) is 29.2. The van der Waals surface area contributed by atoms with Crippen LogP contribution in [0.2, 0.25) is 0 Å². The van der Waals surface area contributed by atoms with Crippen LogP contribution in [0.5, 0.6) is 0 Å². The lowest BCUT2D eigenvalue weighted by molar-refractivity contribution is -0.248. The van der Waals surface area contributed by atoms with Crippen molar-refractivity contribution in [3.8, 4) is 0 Å². The van der Waals surface area contributed by atoms with E-state index in [-0.39, 0.29) is 40.3 Å². The van der Waals surface area contributed by atoms with Gasteiger partial charge in [-0.25, -0.2) is 4.79 Å². The van der Waals surface area contributed by atoms with Crippen LogP contribution in [0.15, 0.2) is 12.2 Å². The minimum absolute atomic E-state index is 0.0837. The van der Waals surface area contributed by atoms with E-state index in [0.717, 1.165) is 69.8 Å². The van der Waals surface area contributed by atoms with Crippen LogP contribution in [-0.2, 0) is 14.3 Å². The van der Waals surface area contributed by atoms with Crippen molar-refractivity contribution >= 4 is 12.1 Å². The number of aliphatic hydroxyl groups excluding tert-OH is 2. The maximum Gasteiger partial charge on any atom is 0.508 e. The molecule has 0 aromatic carbocycles. The summed E-state index contributed by atoms with van der Waals surface area (Å²) in [6.45, 7) is 17.8. The Balaban J connectivity index is 1.41. The van der Waals surface area contributed by atoms with Gasteiger partial charge in [-0.15, -0.1) is 0 Å². The highest BCUT2D eigenvalue weighted by atomic mass is 16.7. The number of aliphatic carboxylic acids is 1. The third-order valence-corrected chi connectivity index (χ3v) is 14.3. The van der Waals surface area contributed by atoms with E-state index < -0.39 is 30.3 Å². The number of carbonyl (C=O) groups is 2. The highest BCUT2D eigenvalue weighted by molar-refractivity contribution is 5.76. The zero-order valence-electron chi connectivity index (χ0n) is 26.2. The number of carbonyl (C=O) groups excluding carboxylic acids is 1. The van der Waals surface area contributed by atoms with Gasteiger partial charge in [0, 0.05) is 5.41 Å². The zero-order valence-corrected chi connectivity index (χ0v) is 26.2. The summed E-state index contributed by atoms with van der Waals surface area (Å²) in [5.41, 5.74) is 0.637. The predicted octanol–water partition coefficient (Wildman–Crippen LogP) is 6.60. The first kappa shape index (κ1) is 30.8. The average molecular weight is 575 g/mol. The largest absolute Gasteiger partial charge is 0.508 e. The molecule has 11 atom stereocenters. The van der Waals surface area contributed by atoms with Gasteiger partial charge in [-0.05, 0) is 117 Å². The molecule has 0 spiro atoms. The van der Waals surface area contributed by atoms with E-state index >= 15 is 0 Å². The molecule has 232 valence electrons. The lowest BCUT2D eigenvalue weighted by Gasteiger charge is -2.72. The van der Waals surface area contributed by atoms with Crippen molar-refractivity contribution in [3.05, 3.63) is 12.2 Å². The maximum atomic E-state index is 12.9. The maximum absolute atomic E-state index is 12.9. The van der Waals surface area contributed by atoms with E-state index in [1.165, 1.54) is 0 Å². The number of fused-ring (bicyclic) bond motifs is 7. The number of ether oxygens (including phenoxy) is 2. The molecule has 0 bridgehead atoms. The van der Waals surface area contributed by atoms with E-state index in [4.69, 9.17) is 14.6 Å². The summed E-state index contributed by atoms with van der Waals surface area (Å²) in [7, 11) is 0. The summed E-state index contributed by atoms with van der Waals surface area (Å²) in [4.78, 5) is 25.4. The number of carboxylic acid groups (broad SMARTS) is 1. The Bertz CT molecular complexity index is 1070. The van der Waals surface area contributed by atoms with Crippen molar-refractivity contribution in [2.75, 3.05) is 13.2 Å². The Kier molecular flexibility index (Phi) is 7.71. The normalized spacial score (nSPS) is 47.1. The lowest BCUT2D eigenvalue weighted by atomic mass is 9.32. The standard InChI is InChI=1S/C34H54O7/c1-20(2)22-10-15-34(28(37)38)17-16-32(6)23(27(22)34)8-9-25-31(5)13-12-26(41-29(39)40-19-21(36)18-35)30(3,4)24(31)11-14-33(25,32)7/h21-27,35-36H,1,8-19H2,2-7H3,(H,37,38)/t21?,22?,23?,24?,25?,26?,27?,31?,32?,33?,34-/m0/s1. The third-order valence-electron chi connectivity index (χ3n) is 14.3. The van der Waals surface area contributed by atoms with E-state index in [0.29, 0.717) is 23.7 Å². The number of aliphatic hydroxyl groups is 2. The molecule has 10 unspecified atom stereocenters. The fourth-order valence-corrected chi connectivity index (χ4v) is 12.1. The van der Waals surface area contributed by atoms with Crippen LogP contribution in [0, 0.1) is 56.7 Å². The molecule has 5 aliphatic carbocycles.